The number of alkyl halides is 3. The SMILES string of the molecule is NC(=O)C=C(c1ccccc1)c1ccc(NC(=O)Nc2cc(C(F)(F)F)ccc2F)cc1. The zero-order valence-electron chi connectivity index (χ0n) is 16.4. The molecule has 0 saturated carbocycles. The van der Waals surface area contributed by atoms with Crippen LogP contribution in [0.15, 0.2) is 78.9 Å². The first-order valence-electron chi connectivity index (χ1n) is 9.25. The van der Waals surface area contributed by atoms with Crippen molar-refractivity contribution in [1.82, 2.24) is 0 Å². The normalized spacial score (nSPS) is 11.7. The molecule has 0 atom stereocenters. The van der Waals surface area contributed by atoms with Gasteiger partial charge in [-0.3, -0.25) is 4.79 Å². The number of amides is 3. The minimum atomic E-state index is -4.68. The number of nitrogens with two attached hydrogens (primary N) is 1. The molecular formula is C23H17F4N3O2. The number of anilines is 2. The molecule has 9 heteroatoms. The fourth-order valence-electron chi connectivity index (χ4n) is 2.91. The van der Waals surface area contributed by atoms with Gasteiger partial charge in [0, 0.05) is 11.8 Å². The molecule has 32 heavy (non-hydrogen) atoms. The topological polar surface area (TPSA) is 84.2 Å². The molecule has 0 aliphatic carbocycles. The zero-order valence-corrected chi connectivity index (χ0v) is 16.4. The van der Waals surface area contributed by atoms with Gasteiger partial charge in [0.25, 0.3) is 0 Å². The fourth-order valence-corrected chi connectivity index (χ4v) is 2.91. The summed E-state index contributed by atoms with van der Waals surface area (Å²) in [6, 6.07) is 16.1. The van der Waals surface area contributed by atoms with E-state index in [2.05, 4.69) is 10.6 Å². The second-order valence-electron chi connectivity index (χ2n) is 6.68. The summed E-state index contributed by atoms with van der Waals surface area (Å²) < 4.78 is 52.2. The Morgan fingerprint density at radius 1 is 0.844 bits per heavy atom. The molecule has 0 aliphatic heterocycles. The van der Waals surface area contributed by atoms with Crippen LogP contribution in [0.25, 0.3) is 5.57 Å². The van der Waals surface area contributed by atoms with Crippen molar-refractivity contribution in [2.45, 2.75) is 6.18 Å². The molecule has 3 aromatic carbocycles. The van der Waals surface area contributed by atoms with Crippen LogP contribution in [0, 0.1) is 5.82 Å². The average molecular weight is 443 g/mol. The summed E-state index contributed by atoms with van der Waals surface area (Å²) >= 11 is 0. The Balaban J connectivity index is 1.76. The lowest BCUT2D eigenvalue weighted by Crippen LogP contribution is -2.20. The Hall–Kier alpha value is -4.14. The van der Waals surface area contributed by atoms with E-state index in [0.717, 1.165) is 5.56 Å². The minimum Gasteiger partial charge on any atom is -0.366 e. The predicted octanol–water partition coefficient (Wildman–Crippen LogP) is 5.41. The van der Waals surface area contributed by atoms with Gasteiger partial charge in [0.15, 0.2) is 0 Å². The first-order valence-corrected chi connectivity index (χ1v) is 9.25. The predicted molar refractivity (Wildman–Crippen MR) is 113 cm³/mol. The van der Waals surface area contributed by atoms with Crippen LogP contribution in [0.2, 0.25) is 0 Å². The van der Waals surface area contributed by atoms with Crippen molar-refractivity contribution < 1.29 is 27.2 Å². The number of hydrogen-bond acceptors (Lipinski definition) is 2. The van der Waals surface area contributed by atoms with E-state index >= 15 is 0 Å². The van der Waals surface area contributed by atoms with Crippen molar-refractivity contribution in [2.75, 3.05) is 10.6 Å². The molecule has 0 unspecified atom stereocenters. The lowest BCUT2D eigenvalue weighted by Gasteiger charge is -2.12. The number of hydrogen-bond donors (Lipinski definition) is 3. The van der Waals surface area contributed by atoms with Crippen LogP contribution in [0.4, 0.5) is 33.7 Å². The van der Waals surface area contributed by atoms with E-state index in [1.807, 2.05) is 6.07 Å². The third-order valence-electron chi connectivity index (χ3n) is 4.37. The molecule has 0 heterocycles. The maximum absolute atomic E-state index is 13.8. The Bertz CT molecular complexity index is 1160. The Morgan fingerprint density at radius 2 is 1.47 bits per heavy atom. The molecular weight excluding hydrogens is 426 g/mol. The quantitative estimate of drug-likeness (QED) is 0.364. The Kier molecular flexibility index (Phi) is 6.58. The van der Waals surface area contributed by atoms with Crippen molar-refractivity contribution in [3.63, 3.8) is 0 Å². The third-order valence-corrected chi connectivity index (χ3v) is 4.37. The molecule has 0 spiro atoms. The molecule has 0 saturated heterocycles. The number of carbonyl (C=O) groups is 2. The number of carbonyl (C=O) groups excluding carboxylic acids is 2. The summed E-state index contributed by atoms with van der Waals surface area (Å²) in [5, 5.41) is 4.48. The molecule has 0 aromatic heterocycles. The van der Waals surface area contributed by atoms with E-state index in [-0.39, 0.29) is 0 Å². The maximum Gasteiger partial charge on any atom is 0.416 e. The average Bonchev–Trinajstić information content (AvgIpc) is 2.74. The van der Waals surface area contributed by atoms with Gasteiger partial charge in [0.1, 0.15) is 5.82 Å². The third kappa shape index (κ3) is 5.72. The summed E-state index contributed by atoms with van der Waals surface area (Å²) in [5.74, 6) is -1.64. The van der Waals surface area contributed by atoms with E-state index in [9.17, 15) is 27.2 Å². The standard InChI is InChI=1S/C23H17F4N3O2/c24-19-11-8-16(23(25,26)27)12-20(19)30-22(32)29-17-9-6-15(7-10-17)18(13-21(28)31)14-4-2-1-3-5-14/h1-13H,(H2,28,31)(H2,29,30,32). The summed E-state index contributed by atoms with van der Waals surface area (Å²) in [5.41, 5.74) is 5.87. The van der Waals surface area contributed by atoms with Crippen LogP contribution in [0.5, 0.6) is 0 Å². The molecule has 0 fully saturated rings. The smallest absolute Gasteiger partial charge is 0.366 e. The van der Waals surface area contributed by atoms with Gasteiger partial charge in [-0.2, -0.15) is 13.2 Å². The number of benzene rings is 3. The summed E-state index contributed by atoms with van der Waals surface area (Å²) in [4.78, 5) is 23.6. The maximum atomic E-state index is 13.8. The van der Waals surface area contributed by atoms with Crippen molar-refractivity contribution in [1.29, 1.82) is 0 Å². The molecule has 0 radical (unpaired) electrons. The van der Waals surface area contributed by atoms with Gasteiger partial charge in [-0.15, -0.1) is 0 Å². The minimum absolute atomic E-state index is 0.296. The van der Waals surface area contributed by atoms with Gasteiger partial charge in [0.05, 0.1) is 11.3 Å². The second kappa shape index (κ2) is 9.34. The summed E-state index contributed by atoms with van der Waals surface area (Å²) in [6.07, 6.45) is -3.40. The lowest BCUT2D eigenvalue weighted by atomic mass is 9.97. The van der Waals surface area contributed by atoms with E-state index in [0.29, 0.717) is 35.0 Å². The van der Waals surface area contributed by atoms with E-state index < -0.39 is 35.2 Å². The first kappa shape index (κ1) is 22.5. The van der Waals surface area contributed by atoms with Gasteiger partial charge < -0.3 is 16.4 Å². The molecule has 0 bridgehead atoms. The van der Waals surface area contributed by atoms with Gasteiger partial charge >= 0.3 is 12.2 Å². The molecule has 3 amide bonds. The van der Waals surface area contributed by atoms with Crippen LogP contribution >= 0.6 is 0 Å². The van der Waals surface area contributed by atoms with E-state index in [4.69, 9.17) is 5.73 Å². The van der Waals surface area contributed by atoms with Crippen LogP contribution < -0.4 is 16.4 Å². The summed E-state index contributed by atoms with van der Waals surface area (Å²) in [6.45, 7) is 0. The number of nitrogens with one attached hydrogen (secondary N) is 2. The molecule has 164 valence electrons. The van der Waals surface area contributed by atoms with E-state index in [1.165, 1.54) is 18.2 Å². The monoisotopic (exact) mass is 443 g/mol. The highest BCUT2D eigenvalue weighted by molar-refractivity contribution is 6.01. The van der Waals surface area contributed by atoms with Crippen molar-refractivity contribution >= 4 is 28.9 Å². The molecule has 5 nitrogen and oxygen atoms in total. The second-order valence-corrected chi connectivity index (χ2v) is 6.68. The van der Waals surface area contributed by atoms with Gasteiger partial charge in [-0.05, 0) is 47.0 Å². The Morgan fingerprint density at radius 3 is 2.06 bits per heavy atom. The highest BCUT2D eigenvalue weighted by Crippen LogP contribution is 2.32. The molecule has 0 aliphatic rings. The molecule has 4 N–H and O–H groups in total. The van der Waals surface area contributed by atoms with Gasteiger partial charge in [0.2, 0.25) is 5.91 Å². The highest BCUT2D eigenvalue weighted by atomic mass is 19.4. The highest BCUT2D eigenvalue weighted by Gasteiger charge is 2.31. The lowest BCUT2D eigenvalue weighted by molar-refractivity contribution is -0.137. The van der Waals surface area contributed by atoms with Gasteiger partial charge in [-0.1, -0.05) is 42.5 Å². The van der Waals surface area contributed by atoms with Crippen LogP contribution in [-0.4, -0.2) is 11.9 Å². The number of rotatable bonds is 5. The van der Waals surface area contributed by atoms with E-state index in [1.54, 1.807) is 36.4 Å². The van der Waals surface area contributed by atoms with Crippen molar-refractivity contribution in [2.24, 2.45) is 5.73 Å². The number of urea groups is 1. The zero-order chi connectivity index (χ0) is 23.3. The van der Waals surface area contributed by atoms with Gasteiger partial charge in [-0.25, -0.2) is 9.18 Å². The molecule has 3 aromatic rings. The van der Waals surface area contributed by atoms with Crippen molar-refractivity contribution in [3.8, 4) is 0 Å². The van der Waals surface area contributed by atoms with Crippen LogP contribution in [0.1, 0.15) is 16.7 Å². The number of primary amides is 1. The van der Waals surface area contributed by atoms with Crippen molar-refractivity contribution in [3.05, 3.63) is 101 Å². The summed E-state index contributed by atoms with van der Waals surface area (Å²) in [7, 11) is 0. The first-order chi connectivity index (χ1) is 15.1. The van der Waals surface area contributed by atoms with Crippen LogP contribution in [-0.2, 0) is 11.0 Å². The largest absolute Gasteiger partial charge is 0.416 e. The fraction of sp³-hybridized carbons (Fsp3) is 0.0435. The van der Waals surface area contributed by atoms with Crippen LogP contribution in [0.3, 0.4) is 0 Å². The number of halogens is 4. The molecule has 3 rings (SSSR count). The Labute approximate surface area is 180 Å².